The number of piperidine rings is 1. The maximum atomic E-state index is 11.6. The van der Waals surface area contributed by atoms with E-state index in [2.05, 4.69) is 29.2 Å². The van der Waals surface area contributed by atoms with Crippen LogP contribution in [0.5, 0.6) is 0 Å². The van der Waals surface area contributed by atoms with Crippen molar-refractivity contribution in [2.75, 3.05) is 24.5 Å². The zero-order chi connectivity index (χ0) is 13.9. The van der Waals surface area contributed by atoms with Crippen LogP contribution in [0.2, 0.25) is 0 Å². The minimum Gasteiger partial charge on any atom is -0.372 e. The van der Waals surface area contributed by atoms with Crippen LogP contribution in [0.15, 0.2) is 42.5 Å². The van der Waals surface area contributed by atoms with Crippen LogP contribution in [-0.4, -0.2) is 36.3 Å². The highest BCUT2D eigenvalue weighted by molar-refractivity contribution is 6.12. The minimum atomic E-state index is -0.166. The number of rotatable bonds is 3. The molecule has 1 saturated heterocycles. The SMILES string of the molecule is O=C1C=CC(=O)N1CC1CCN(c2ccccc2)CC1. The van der Waals surface area contributed by atoms with E-state index in [0.717, 1.165) is 25.9 Å². The molecule has 1 aromatic carbocycles. The number of hydrogen-bond acceptors (Lipinski definition) is 3. The molecule has 4 nitrogen and oxygen atoms in total. The Bertz CT molecular complexity index is 513. The van der Waals surface area contributed by atoms with Gasteiger partial charge in [-0.3, -0.25) is 14.5 Å². The van der Waals surface area contributed by atoms with Crippen LogP contribution in [-0.2, 0) is 9.59 Å². The van der Waals surface area contributed by atoms with E-state index < -0.39 is 0 Å². The fourth-order valence-corrected chi connectivity index (χ4v) is 2.88. The Morgan fingerprint density at radius 2 is 1.55 bits per heavy atom. The van der Waals surface area contributed by atoms with E-state index in [-0.39, 0.29) is 11.8 Å². The molecule has 0 bridgehead atoms. The number of anilines is 1. The van der Waals surface area contributed by atoms with E-state index in [1.165, 1.54) is 22.7 Å². The van der Waals surface area contributed by atoms with Crippen LogP contribution >= 0.6 is 0 Å². The smallest absolute Gasteiger partial charge is 0.253 e. The number of imide groups is 1. The lowest BCUT2D eigenvalue weighted by atomic mass is 9.96. The van der Waals surface area contributed by atoms with Gasteiger partial charge in [-0.1, -0.05) is 18.2 Å². The maximum Gasteiger partial charge on any atom is 0.253 e. The van der Waals surface area contributed by atoms with Gasteiger partial charge in [-0.2, -0.15) is 0 Å². The van der Waals surface area contributed by atoms with Gasteiger partial charge in [-0.25, -0.2) is 0 Å². The molecule has 0 N–H and O–H groups in total. The predicted molar refractivity (Wildman–Crippen MR) is 77.2 cm³/mol. The molecule has 2 amide bonds. The van der Waals surface area contributed by atoms with Crippen molar-refractivity contribution in [2.24, 2.45) is 5.92 Å². The van der Waals surface area contributed by atoms with Gasteiger partial charge < -0.3 is 4.90 Å². The maximum absolute atomic E-state index is 11.6. The molecule has 0 aromatic heterocycles. The molecular weight excluding hydrogens is 252 g/mol. The summed E-state index contributed by atoms with van der Waals surface area (Å²) in [5.41, 5.74) is 1.25. The molecule has 4 heteroatoms. The molecule has 2 aliphatic rings. The molecule has 3 rings (SSSR count). The fourth-order valence-electron chi connectivity index (χ4n) is 2.88. The Balaban J connectivity index is 1.54. The predicted octanol–water partition coefficient (Wildman–Crippen LogP) is 1.83. The normalized spacial score (nSPS) is 20.0. The minimum absolute atomic E-state index is 0.166. The van der Waals surface area contributed by atoms with E-state index in [0.29, 0.717) is 12.5 Å². The lowest BCUT2D eigenvalue weighted by Crippen LogP contribution is -2.40. The van der Waals surface area contributed by atoms with Gasteiger partial charge in [-0.15, -0.1) is 0 Å². The molecule has 0 radical (unpaired) electrons. The second-order valence-electron chi connectivity index (χ2n) is 5.39. The highest BCUT2D eigenvalue weighted by Gasteiger charge is 2.28. The van der Waals surface area contributed by atoms with Crippen molar-refractivity contribution < 1.29 is 9.59 Å². The number of hydrogen-bond donors (Lipinski definition) is 0. The molecular formula is C16H18N2O2. The third kappa shape index (κ3) is 2.59. The van der Waals surface area contributed by atoms with E-state index >= 15 is 0 Å². The highest BCUT2D eigenvalue weighted by Crippen LogP contribution is 2.24. The first-order valence-electron chi connectivity index (χ1n) is 7.07. The second-order valence-corrected chi connectivity index (χ2v) is 5.39. The van der Waals surface area contributed by atoms with E-state index in [1.54, 1.807) is 0 Å². The average Bonchev–Trinajstić information content (AvgIpc) is 2.81. The number of para-hydroxylation sites is 1. The number of benzene rings is 1. The summed E-state index contributed by atoms with van der Waals surface area (Å²) >= 11 is 0. The Kier molecular flexibility index (Phi) is 3.54. The molecule has 0 saturated carbocycles. The van der Waals surface area contributed by atoms with Gasteiger partial charge in [0.05, 0.1) is 0 Å². The van der Waals surface area contributed by atoms with E-state index in [1.807, 2.05) is 6.07 Å². The first-order chi connectivity index (χ1) is 9.74. The molecule has 1 aromatic rings. The number of carbonyl (C=O) groups excluding carboxylic acids is 2. The number of nitrogens with zero attached hydrogens (tertiary/aromatic N) is 2. The first kappa shape index (κ1) is 12.9. The van der Waals surface area contributed by atoms with Crippen molar-refractivity contribution in [3.05, 3.63) is 42.5 Å². The molecule has 0 unspecified atom stereocenters. The van der Waals surface area contributed by atoms with Crippen molar-refractivity contribution in [3.8, 4) is 0 Å². The molecule has 2 aliphatic heterocycles. The van der Waals surface area contributed by atoms with Crippen LogP contribution in [0.4, 0.5) is 5.69 Å². The molecule has 2 heterocycles. The van der Waals surface area contributed by atoms with Crippen molar-refractivity contribution in [1.82, 2.24) is 4.90 Å². The Morgan fingerprint density at radius 3 is 2.15 bits per heavy atom. The van der Waals surface area contributed by atoms with Crippen molar-refractivity contribution in [3.63, 3.8) is 0 Å². The summed E-state index contributed by atoms with van der Waals surface area (Å²) in [5.74, 6) is 0.0868. The summed E-state index contributed by atoms with van der Waals surface area (Å²) in [6, 6.07) is 10.4. The zero-order valence-electron chi connectivity index (χ0n) is 11.4. The summed E-state index contributed by atoms with van der Waals surface area (Å²) in [5, 5.41) is 0. The number of amides is 2. The molecule has 1 fully saturated rings. The van der Waals surface area contributed by atoms with E-state index in [9.17, 15) is 9.59 Å². The molecule has 0 atom stereocenters. The molecule has 104 valence electrons. The standard InChI is InChI=1S/C16H18N2O2/c19-15-6-7-16(20)18(15)12-13-8-10-17(11-9-13)14-4-2-1-3-5-14/h1-7,13H,8-12H2. The van der Waals surface area contributed by atoms with Crippen LogP contribution in [0.25, 0.3) is 0 Å². The molecule has 20 heavy (non-hydrogen) atoms. The fraction of sp³-hybridized carbons (Fsp3) is 0.375. The van der Waals surface area contributed by atoms with Gasteiger partial charge in [0.25, 0.3) is 11.8 Å². The molecule has 0 aliphatic carbocycles. The number of carbonyl (C=O) groups is 2. The quantitative estimate of drug-likeness (QED) is 0.787. The summed E-state index contributed by atoms with van der Waals surface area (Å²) < 4.78 is 0. The summed E-state index contributed by atoms with van der Waals surface area (Å²) in [4.78, 5) is 26.8. The summed E-state index contributed by atoms with van der Waals surface area (Å²) in [6.45, 7) is 2.53. The van der Waals surface area contributed by atoms with Gasteiger partial charge in [0.2, 0.25) is 0 Å². The van der Waals surface area contributed by atoms with Gasteiger partial charge in [0.1, 0.15) is 0 Å². The van der Waals surface area contributed by atoms with Crippen LogP contribution in [0, 0.1) is 5.92 Å². The summed E-state index contributed by atoms with van der Waals surface area (Å²) in [7, 11) is 0. The molecule has 0 spiro atoms. The Morgan fingerprint density at radius 1 is 0.950 bits per heavy atom. The lowest BCUT2D eigenvalue weighted by molar-refractivity contribution is -0.137. The Hall–Kier alpha value is -2.10. The van der Waals surface area contributed by atoms with Gasteiger partial charge in [-0.05, 0) is 30.9 Å². The van der Waals surface area contributed by atoms with E-state index in [4.69, 9.17) is 0 Å². The van der Waals surface area contributed by atoms with Crippen molar-refractivity contribution >= 4 is 17.5 Å². The second kappa shape index (κ2) is 5.49. The highest BCUT2D eigenvalue weighted by atomic mass is 16.2. The van der Waals surface area contributed by atoms with Crippen LogP contribution < -0.4 is 4.90 Å². The largest absolute Gasteiger partial charge is 0.372 e. The zero-order valence-corrected chi connectivity index (χ0v) is 11.4. The van der Waals surface area contributed by atoms with Crippen LogP contribution in [0.1, 0.15) is 12.8 Å². The first-order valence-corrected chi connectivity index (χ1v) is 7.07. The van der Waals surface area contributed by atoms with Gasteiger partial charge in [0, 0.05) is 37.5 Å². The van der Waals surface area contributed by atoms with Crippen molar-refractivity contribution in [2.45, 2.75) is 12.8 Å². The average molecular weight is 270 g/mol. The Labute approximate surface area is 118 Å². The third-order valence-corrected chi connectivity index (χ3v) is 4.08. The topological polar surface area (TPSA) is 40.6 Å². The third-order valence-electron chi connectivity index (χ3n) is 4.08. The lowest BCUT2D eigenvalue weighted by Gasteiger charge is -2.34. The monoisotopic (exact) mass is 270 g/mol. The van der Waals surface area contributed by atoms with Crippen LogP contribution in [0.3, 0.4) is 0 Å². The van der Waals surface area contributed by atoms with Crippen molar-refractivity contribution in [1.29, 1.82) is 0 Å². The summed E-state index contributed by atoms with van der Waals surface area (Å²) in [6.07, 6.45) is 4.76. The van der Waals surface area contributed by atoms with Gasteiger partial charge in [0.15, 0.2) is 0 Å². The van der Waals surface area contributed by atoms with Gasteiger partial charge >= 0.3 is 0 Å².